The summed E-state index contributed by atoms with van der Waals surface area (Å²) >= 11 is 10.8. The molecule has 3 heteroatoms. The molecule has 0 N–H and O–H groups in total. The van der Waals surface area contributed by atoms with Gasteiger partial charge in [0.2, 0.25) is 0 Å². The highest BCUT2D eigenvalue weighted by molar-refractivity contribution is 9.11. The van der Waals surface area contributed by atoms with Gasteiger partial charge in [0.1, 0.15) is 0 Å². The molecule has 0 amide bonds. The fourth-order valence-corrected chi connectivity index (χ4v) is 3.32. The number of hydrogen-bond donors (Lipinski definition) is 0. The highest BCUT2D eigenvalue weighted by atomic mass is 79.9. The molecule has 2 aromatic carbocycles. The molecule has 0 atom stereocenters. The lowest BCUT2D eigenvalue weighted by atomic mass is 9.86. The van der Waals surface area contributed by atoms with Crippen LogP contribution in [0.15, 0.2) is 49.8 Å². The lowest BCUT2D eigenvalue weighted by Gasteiger charge is -2.20. The SMILES string of the molecule is CC(C)(C)c1ccc(-c2cc(Br)ccc2Br)c(Br)c1. The molecule has 0 aliphatic carbocycles. The Bertz CT molecular complexity index is 610. The van der Waals surface area contributed by atoms with Crippen LogP contribution in [-0.4, -0.2) is 0 Å². The van der Waals surface area contributed by atoms with Crippen LogP contribution in [0.1, 0.15) is 26.3 Å². The van der Waals surface area contributed by atoms with Gasteiger partial charge in [-0.3, -0.25) is 0 Å². The highest BCUT2D eigenvalue weighted by Crippen LogP contribution is 2.37. The van der Waals surface area contributed by atoms with Gasteiger partial charge in [0.15, 0.2) is 0 Å². The smallest absolute Gasteiger partial charge is 0.0257 e. The van der Waals surface area contributed by atoms with E-state index in [4.69, 9.17) is 0 Å². The van der Waals surface area contributed by atoms with Crippen molar-refractivity contribution in [2.45, 2.75) is 26.2 Å². The standard InChI is InChI=1S/C16H15Br3/c1-16(2,3)10-4-6-12(15(19)8-10)13-9-11(17)5-7-14(13)18/h4-9H,1-3H3. The average Bonchev–Trinajstić information content (AvgIpc) is 2.31. The van der Waals surface area contributed by atoms with E-state index in [1.54, 1.807) is 0 Å². The van der Waals surface area contributed by atoms with Crippen LogP contribution in [0.4, 0.5) is 0 Å². The van der Waals surface area contributed by atoms with Gasteiger partial charge in [-0.2, -0.15) is 0 Å². The Balaban J connectivity index is 2.55. The average molecular weight is 447 g/mol. The van der Waals surface area contributed by atoms with Gasteiger partial charge < -0.3 is 0 Å². The Morgan fingerprint density at radius 3 is 2.00 bits per heavy atom. The molecule has 0 radical (unpaired) electrons. The summed E-state index contributed by atoms with van der Waals surface area (Å²) in [5, 5.41) is 0. The molecule has 0 saturated carbocycles. The van der Waals surface area contributed by atoms with Crippen LogP contribution in [0.5, 0.6) is 0 Å². The fraction of sp³-hybridized carbons (Fsp3) is 0.250. The molecular formula is C16H15Br3. The second kappa shape index (κ2) is 5.71. The summed E-state index contributed by atoms with van der Waals surface area (Å²) in [6.07, 6.45) is 0. The molecule has 0 spiro atoms. The van der Waals surface area contributed by atoms with Crippen molar-refractivity contribution in [3.63, 3.8) is 0 Å². The number of hydrogen-bond acceptors (Lipinski definition) is 0. The first kappa shape index (κ1) is 15.3. The van der Waals surface area contributed by atoms with Gasteiger partial charge >= 0.3 is 0 Å². The van der Waals surface area contributed by atoms with Gasteiger partial charge in [0.25, 0.3) is 0 Å². The Kier molecular flexibility index (Phi) is 4.59. The van der Waals surface area contributed by atoms with E-state index in [9.17, 15) is 0 Å². The minimum atomic E-state index is 0.162. The van der Waals surface area contributed by atoms with Gasteiger partial charge in [-0.25, -0.2) is 0 Å². The first-order valence-electron chi connectivity index (χ1n) is 6.04. The quantitative estimate of drug-likeness (QED) is 0.445. The summed E-state index contributed by atoms with van der Waals surface area (Å²) in [5.41, 5.74) is 3.87. The fourth-order valence-electron chi connectivity index (χ4n) is 1.90. The highest BCUT2D eigenvalue weighted by Gasteiger charge is 2.16. The molecule has 2 rings (SSSR count). The molecule has 19 heavy (non-hydrogen) atoms. The molecule has 0 aliphatic heterocycles. The third-order valence-corrected chi connectivity index (χ3v) is 4.89. The zero-order valence-corrected chi connectivity index (χ0v) is 15.9. The van der Waals surface area contributed by atoms with Crippen LogP contribution >= 0.6 is 47.8 Å². The van der Waals surface area contributed by atoms with Crippen molar-refractivity contribution in [2.75, 3.05) is 0 Å². The molecular weight excluding hydrogens is 432 g/mol. The molecule has 2 aromatic rings. The van der Waals surface area contributed by atoms with E-state index in [-0.39, 0.29) is 5.41 Å². The number of benzene rings is 2. The van der Waals surface area contributed by atoms with Gasteiger partial charge in [-0.15, -0.1) is 0 Å². The van der Waals surface area contributed by atoms with E-state index in [1.165, 1.54) is 16.7 Å². The predicted molar refractivity (Wildman–Crippen MR) is 93.7 cm³/mol. The van der Waals surface area contributed by atoms with Gasteiger partial charge in [0.05, 0.1) is 0 Å². The molecule has 0 saturated heterocycles. The third kappa shape index (κ3) is 3.50. The van der Waals surface area contributed by atoms with Crippen LogP contribution in [-0.2, 0) is 5.41 Å². The van der Waals surface area contributed by atoms with Crippen molar-refractivity contribution >= 4 is 47.8 Å². The van der Waals surface area contributed by atoms with Crippen molar-refractivity contribution in [3.8, 4) is 11.1 Å². The van der Waals surface area contributed by atoms with Gasteiger partial charge in [0, 0.05) is 13.4 Å². The van der Waals surface area contributed by atoms with Crippen molar-refractivity contribution in [1.29, 1.82) is 0 Å². The van der Waals surface area contributed by atoms with Crippen molar-refractivity contribution in [2.24, 2.45) is 0 Å². The molecule has 0 unspecified atom stereocenters. The summed E-state index contributed by atoms with van der Waals surface area (Å²) in [6.45, 7) is 6.68. The Labute approximate surface area is 140 Å². The third-order valence-electron chi connectivity index (χ3n) is 3.05. The maximum Gasteiger partial charge on any atom is 0.0257 e. The van der Waals surface area contributed by atoms with E-state index >= 15 is 0 Å². The minimum absolute atomic E-state index is 0.162. The van der Waals surface area contributed by atoms with E-state index < -0.39 is 0 Å². The van der Waals surface area contributed by atoms with E-state index in [2.05, 4.69) is 98.9 Å². The lowest BCUT2D eigenvalue weighted by molar-refractivity contribution is 0.590. The molecule has 0 bridgehead atoms. The normalized spacial score (nSPS) is 11.7. The summed E-state index contributed by atoms with van der Waals surface area (Å²) in [6, 6.07) is 12.8. The molecule has 0 nitrogen and oxygen atoms in total. The zero-order chi connectivity index (χ0) is 14.2. The predicted octanol–water partition coefficient (Wildman–Crippen LogP) is 6.94. The number of halogens is 3. The Morgan fingerprint density at radius 1 is 0.737 bits per heavy atom. The van der Waals surface area contributed by atoms with E-state index in [0.717, 1.165) is 13.4 Å². The Morgan fingerprint density at radius 2 is 1.42 bits per heavy atom. The molecule has 0 aromatic heterocycles. The summed E-state index contributed by atoms with van der Waals surface area (Å²) in [4.78, 5) is 0. The second-order valence-electron chi connectivity index (χ2n) is 5.57. The first-order chi connectivity index (χ1) is 8.79. The van der Waals surface area contributed by atoms with Crippen molar-refractivity contribution < 1.29 is 0 Å². The van der Waals surface area contributed by atoms with Crippen molar-refractivity contribution in [3.05, 3.63) is 55.4 Å². The molecule has 0 aliphatic rings. The monoisotopic (exact) mass is 444 g/mol. The molecule has 0 fully saturated rings. The molecule has 0 heterocycles. The summed E-state index contributed by atoms with van der Waals surface area (Å²) in [7, 11) is 0. The van der Waals surface area contributed by atoms with Gasteiger partial charge in [-0.05, 0) is 46.4 Å². The zero-order valence-electron chi connectivity index (χ0n) is 11.1. The maximum atomic E-state index is 3.70. The van der Waals surface area contributed by atoms with Crippen LogP contribution in [0.25, 0.3) is 11.1 Å². The Hall–Kier alpha value is -0.120. The number of rotatable bonds is 1. The van der Waals surface area contributed by atoms with Crippen LogP contribution < -0.4 is 0 Å². The summed E-state index contributed by atoms with van der Waals surface area (Å²) in [5.74, 6) is 0. The topological polar surface area (TPSA) is 0 Å². The summed E-state index contributed by atoms with van der Waals surface area (Å²) < 4.78 is 3.30. The molecule has 100 valence electrons. The van der Waals surface area contributed by atoms with Crippen molar-refractivity contribution in [1.82, 2.24) is 0 Å². The lowest BCUT2D eigenvalue weighted by Crippen LogP contribution is -2.10. The second-order valence-corrected chi connectivity index (χ2v) is 8.19. The van der Waals surface area contributed by atoms with E-state index in [1.807, 2.05) is 6.07 Å². The maximum absolute atomic E-state index is 3.70. The van der Waals surface area contributed by atoms with Crippen LogP contribution in [0.2, 0.25) is 0 Å². The minimum Gasteiger partial charge on any atom is -0.0578 e. The largest absolute Gasteiger partial charge is 0.0578 e. The van der Waals surface area contributed by atoms with Gasteiger partial charge in [-0.1, -0.05) is 80.7 Å². The van der Waals surface area contributed by atoms with Crippen LogP contribution in [0, 0.1) is 0 Å². The first-order valence-corrected chi connectivity index (χ1v) is 8.42. The van der Waals surface area contributed by atoms with Crippen LogP contribution in [0.3, 0.4) is 0 Å². The van der Waals surface area contributed by atoms with E-state index in [0.29, 0.717) is 0 Å².